The summed E-state index contributed by atoms with van der Waals surface area (Å²) >= 11 is 6.57. The van der Waals surface area contributed by atoms with Crippen LogP contribution in [0.5, 0.6) is 5.75 Å². The van der Waals surface area contributed by atoms with Gasteiger partial charge in [0.25, 0.3) is 5.91 Å². The van der Waals surface area contributed by atoms with Crippen molar-refractivity contribution in [2.45, 2.75) is 70.6 Å². The fourth-order valence-corrected chi connectivity index (χ4v) is 4.27. The summed E-state index contributed by atoms with van der Waals surface area (Å²) < 4.78 is 44.9. The molecule has 0 spiro atoms. The van der Waals surface area contributed by atoms with E-state index >= 15 is 0 Å². The van der Waals surface area contributed by atoms with E-state index in [0.717, 1.165) is 5.69 Å². The third-order valence-corrected chi connectivity index (χ3v) is 6.37. The molecule has 9 nitrogen and oxygen atoms in total. The van der Waals surface area contributed by atoms with Gasteiger partial charge in [0, 0.05) is 35.2 Å². The van der Waals surface area contributed by atoms with Gasteiger partial charge in [-0.2, -0.15) is 18.2 Å². The molecule has 1 fully saturated rings. The summed E-state index contributed by atoms with van der Waals surface area (Å²) in [5, 5.41) is 6.37. The van der Waals surface area contributed by atoms with Crippen LogP contribution in [0.4, 0.5) is 18.9 Å². The molecule has 1 atom stereocenters. The average Bonchev–Trinajstić information content (AvgIpc) is 2.83. The predicted molar refractivity (Wildman–Crippen MR) is 142 cm³/mol. The smallest absolute Gasteiger partial charge is 0.492 e. The molecule has 1 aromatic heterocycles. The number of pyridine rings is 1. The SMILES string of the molecule is CC(C(=O)NC(C)(C)C)c1c(Cl)cc(OCCNc2ccncc2)cc1C(=O)N(OC(=O)C(F)(F)F)C1CCC1. The number of nitrogens with zero attached hydrogens (tertiary/aromatic N) is 2. The Bertz CT molecular complexity index is 1220. The van der Waals surface area contributed by atoms with Gasteiger partial charge in [-0.1, -0.05) is 11.6 Å². The van der Waals surface area contributed by atoms with E-state index in [1.165, 1.54) is 19.1 Å². The number of anilines is 1. The fraction of sp³-hybridized carbons (Fsp3) is 0.481. The molecule has 0 radical (unpaired) electrons. The summed E-state index contributed by atoms with van der Waals surface area (Å²) in [5.41, 5.74) is 0.0720. The van der Waals surface area contributed by atoms with Crippen molar-refractivity contribution in [1.29, 1.82) is 0 Å². The number of hydrogen-bond donors (Lipinski definition) is 2. The first kappa shape index (κ1) is 31.0. The van der Waals surface area contributed by atoms with Gasteiger partial charge in [-0.25, -0.2) is 4.79 Å². The number of ether oxygens (including phenoxy) is 1. The first-order chi connectivity index (χ1) is 18.7. The number of benzene rings is 1. The lowest BCUT2D eigenvalue weighted by Crippen LogP contribution is -2.48. The van der Waals surface area contributed by atoms with E-state index in [-0.39, 0.29) is 28.5 Å². The molecular formula is C27H32ClF3N4O5. The lowest BCUT2D eigenvalue weighted by atomic mass is 9.90. The lowest BCUT2D eigenvalue weighted by molar-refractivity contribution is -0.237. The van der Waals surface area contributed by atoms with Gasteiger partial charge in [-0.15, -0.1) is 0 Å². The van der Waals surface area contributed by atoms with Gasteiger partial charge in [-0.3, -0.25) is 14.6 Å². The average molecular weight is 585 g/mol. The molecule has 2 amide bonds. The number of amides is 2. The van der Waals surface area contributed by atoms with Crippen molar-refractivity contribution < 1.29 is 37.1 Å². The van der Waals surface area contributed by atoms with Crippen molar-refractivity contribution in [1.82, 2.24) is 15.4 Å². The van der Waals surface area contributed by atoms with Gasteiger partial charge < -0.3 is 20.2 Å². The Morgan fingerprint density at radius 1 is 1.15 bits per heavy atom. The summed E-state index contributed by atoms with van der Waals surface area (Å²) in [4.78, 5) is 46.9. The van der Waals surface area contributed by atoms with Crippen LogP contribution in [0, 0.1) is 0 Å². The van der Waals surface area contributed by atoms with Crippen molar-refractivity contribution in [2.75, 3.05) is 18.5 Å². The third-order valence-electron chi connectivity index (χ3n) is 6.06. The second kappa shape index (κ2) is 12.8. The Kier molecular flexibility index (Phi) is 9.88. The minimum absolute atomic E-state index is 0.00444. The number of rotatable bonds is 9. The molecule has 218 valence electrons. The molecule has 0 bridgehead atoms. The zero-order valence-corrected chi connectivity index (χ0v) is 23.4. The van der Waals surface area contributed by atoms with Crippen LogP contribution in [0.2, 0.25) is 5.02 Å². The summed E-state index contributed by atoms with van der Waals surface area (Å²) in [5.74, 6) is -4.84. The molecule has 0 saturated heterocycles. The van der Waals surface area contributed by atoms with Crippen molar-refractivity contribution in [2.24, 2.45) is 0 Å². The van der Waals surface area contributed by atoms with E-state index in [1.54, 1.807) is 45.3 Å². The minimum atomic E-state index is -5.31. The Labute approximate surface area is 235 Å². The normalized spacial score (nSPS) is 14.5. The first-order valence-corrected chi connectivity index (χ1v) is 13.1. The maximum atomic E-state index is 13.7. The van der Waals surface area contributed by atoms with E-state index < -0.39 is 41.5 Å². The van der Waals surface area contributed by atoms with Crippen LogP contribution in [0.3, 0.4) is 0 Å². The second-order valence-corrected chi connectivity index (χ2v) is 10.8. The summed E-state index contributed by atoms with van der Waals surface area (Å²) in [7, 11) is 0. The molecule has 1 aliphatic rings. The summed E-state index contributed by atoms with van der Waals surface area (Å²) in [6, 6.07) is 5.51. The predicted octanol–water partition coefficient (Wildman–Crippen LogP) is 5.26. The topological polar surface area (TPSA) is 110 Å². The fourth-order valence-electron chi connectivity index (χ4n) is 3.90. The first-order valence-electron chi connectivity index (χ1n) is 12.7. The Hall–Kier alpha value is -3.54. The van der Waals surface area contributed by atoms with Gasteiger partial charge >= 0.3 is 12.1 Å². The number of alkyl halides is 3. The molecule has 40 heavy (non-hydrogen) atoms. The van der Waals surface area contributed by atoms with Crippen LogP contribution >= 0.6 is 11.6 Å². The molecule has 3 rings (SSSR count). The van der Waals surface area contributed by atoms with Crippen molar-refractivity contribution in [3.63, 3.8) is 0 Å². The molecule has 1 heterocycles. The van der Waals surface area contributed by atoms with Crippen LogP contribution in [0.1, 0.15) is 68.8 Å². The van der Waals surface area contributed by atoms with Gasteiger partial charge in [0.2, 0.25) is 5.91 Å². The molecule has 1 saturated carbocycles. The third kappa shape index (κ3) is 8.23. The molecule has 2 N–H and O–H groups in total. The van der Waals surface area contributed by atoms with Crippen molar-refractivity contribution in [3.8, 4) is 5.75 Å². The number of carbonyl (C=O) groups excluding carboxylic acids is 3. The highest BCUT2D eigenvalue weighted by Gasteiger charge is 2.46. The van der Waals surface area contributed by atoms with Crippen molar-refractivity contribution in [3.05, 3.63) is 52.8 Å². The monoisotopic (exact) mass is 584 g/mol. The molecule has 0 aliphatic heterocycles. The number of halogens is 4. The number of carbonyl (C=O) groups is 3. The van der Waals surface area contributed by atoms with E-state index in [0.29, 0.717) is 30.9 Å². The minimum Gasteiger partial charge on any atom is -0.492 e. The Morgan fingerprint density at radius 2 is 1.80 bits per heavy atom. The highest BCUT2D eigenvalue weighted by atomic mass is 35.5. The van der Waals surface area contributed by atoms with Gasteiger partial charge in [-0.05, 0) is 76.8 Å². The van der Waals surface area contributed by atoms with E-state index in [1.807, 2.05) is 0 Å². The Balaban J connectivity index is 1.94. The molecule has 1 unspecified atom stereocenters. The highest BCUT2D eigenvalue weighted by Crippen LogP contribution is 2.36. The molecular weight excluding hydrogens is 553 g/mol. The van der Waals surface area contributed by atoms with E-state index in [4.69, 9.17) is 16.3 Å². The van der Waals surface area contributed by atoms with E-state index in [9.17, 15) is 27.6 Å². The molecule has 1 aliphatic carbocycles. The standard InChI is InChI=1S/C27H32ClF3N4O5/c1-16(23(36)34-26(2,3)4)22-20(24(37)35(18-6-5-7-18)40-25(38)27(29,30)31)14-19(15-21(22)28)39-13-12-33-17-8-10-32-11-9-17/h8-11,14-16,18H,5-7,12-13H2,1-4H3,(H,32,33)(H,34,36). The van der Waals surface area contributed by atoms with Crippen molar-refractivity contribution >= 4 is 35.1 Å². The number of nitrogens with one attached hydrogen (secondary N) is 2. The quantitative estimate of drug-likeness (QED) is 0.306. The maximum absolute atomic E-state index is 13.7. The zero-order chi connectivity index (χ0) is 29.7. The molecule has 13 heteroatoms. The van der Waals surface area contributed by atoms with Crippen LogP contribution in [0.25, 0.3) is 0 Å². The van der Waals surface area contributed by atoms with Gasteiger partial charge in [0.15, 0.2) is 0 Å². The largest absolute Gasteiger partial charge is 0.493 e. The molecule has 2 aromatic rings. The van der Waals surface area contributed by atoms with Gasteiger partial charge in [0.1, 0.15) is 12.4 Å². The van der Waals surface area contributed by atoms with E-state index in [2.05, 4.69) is 20.5 Å². The van der Waals surface area contributed by atoms with Crippen LogP contribution < -0.4 is 15.4 Å². The molecule has 1 aromatic carbocycles. The van der Waals surface area contributed by atoms with Crippen LogP contribution in [0.15, 0.2) is 36.7 Å². The van der Waals surface area contributed by atoms with Crippen LogP contribution in [-0.2, 0) is 14.4 Å². The maximum Gasteiger partial charge on any atom is 0.493 e. The number of aromatic nitrogens is 1. The lowest BCUT2D eigenvalue weighted by Gasteiger charge is -2.36. The summed E-state index contributed by atoms with van der Waals surface area (Å²) in [6.07, 6.45) is -0.737. The zero-order valence-electron chi connectivity index (χ0n) is 22.6. The Morgan fingerprint density at radius 3 is 2.35 bits per heavy atom. The summed E-state index contributed by atoms with van der Waals surface area (Å²) in [6.45, 7) is 7.36. The highest BCUT2D eigenvalue weighted by molar-refractivity contribution is 6.32. The number of hydroxylamine groups is 2. The van der Waals surface area contributed by atoms with Crippen LogP contribution in [-0.4, -0.2) is 58.7 Å². The van der Waals surface area contributed by atoms with Gasteiger partial charge in [0.05, 0.1) is 17.5 Å². The number of hydrogen-bond acceptors (Lipinski definition) is 7. The second-order valence-electron chi connectivity index (χ2n) is 10.4.